The highest BCUT2D eigenvalue weighted by Crippen LogP contribution is 2.23. The summed E-state index contributed by atoms with van der Waals surface area (Å²) < 4.78 is 10.9. The number of fused-ring (bicyclic) bond motifs is 4. The van der Waals surface area contributed by atoms with Gasteiger partial charge >= 0.3 is 12.2 Å². The van der Waals surface area contributed by atoms with Crippen LogP contribution in [0.4, 0.5) is 9.59 Å². The molecular formula is C56H76N12O14. The number of hydrogen-bond donors (Lipinski definition) is 6. The van der Waals surface area contributed by atoms with Gasteiger partial charge in [0.2, 0.25) is 59.1 Å². The Kier molecular flexibility index (Phi) is 22.4. The lowest BCUT2D eigenvalue weighted by atomic mass is 9.99. The molecule has 0 aromatic heterocycles. The Morgan fingerprint density at radius 3 is 1.11 bits per heavy atom. The summed E-state index contributed by atoms with van der Waals surface area (Å²) in [4.78, 5) is 174. The van der Waals surface area contributed by atoms with Crippen LogP contribution in [-0.4, -0.2) is 216 Å². The van der Waals surface area contributed by atoms with Gasteiger partial charge in [0.25, 0.3) is 0 Å². The number of nitrogens with zero attached hydrogens (tertiary/aromatic N) is 6. The Balaban J connectivity index is 1.12. The van der Waals surface area contributed by atoms with Crippen LogP contribution >= 0.6 is 0 Å². The normalized spacial score (nSPS) is 25.0. The van der Waals surface area contributed by atoms with Crippen LogP contribution in [0.5, 0.6) is 0 Å². The average Bonchev–Trinajstić information content (AvgIpc) is 3.66. The number of hydrogen-bond acceptors (Lipinski definition) is 14. The Morgan fingerprint density at radius 2 is 0.756 bits per heavy atom. The molecule has 5 aliphatic rings. The summed E-state index contributed by atoms with van der Waals surface area (Å²) in [6.45, 7) is -2.82. The molecule has 6 N–H and O–H groups in total. The third kappa shape index (κ3) is 16.9. The summed E-state index contributed by atoms with van der Waals surface area (Å²) in [5.41, 5.74) is 1.33. The van der Waals surface area contributed by atoms with E-state index in [0.29, 0.717) is 62.5 Å². The van der Waals surface area contributed by atoms with Gasteiger partial charge in [0, 0.05) is 53.4 Å². The van der Waals surface area contributed by atoms with E-state index in [1.54, 1.807) is 60.7 Å². The molecule has 0 bridgehead atoms. The maximum Gasteiger partial charge on any atom is 0.408 e. The Labute approximate surface area is 476 Å². The lowest BCUT2D eigenvalue weighted by Crippen LogP contribution is -2.61. The maximum atomic E-state index is 14.6. The predicted molar refractivity (Wildman–Crippen MR) is 292 cm³/mol. The van der Waals surface area contributed by atoms with Crippen LogP contribution in [-0.2, 0) is 70.6 Å². The van der Waals surface area contributed by atoms with Crippen molar-refractivity contribution in [3.05, 3.63) is 71.8 Å². The van der Waals surface area contributed by atoms with Crippen LogP contribution in [0.1, 0.15) is 88.2 Å². The zero-order valence-electron chi connectivity index (χ0n) is 46.6. The third-order valence-corrected chi connectivity index (χ3v) is 15.4. The number of carbonyl (C=O) groups excluding carboxylic acids is 12. The van der Waals surface area contributed by atoms with Gasteiger partial charge in [0.05, 0.1) is 26.2 Å². The van der Waals surface area contributed by atoms with Crippen LogP contribution < -0.4 is 31.9 Å². The molecule has 6 atom stereocenters. The molecule has 5 heterocycles. The first kappa shape index (κ1) is 61.3. The number of rotatable bonds is 6. The molecule has 26 heteroatoms. The van der Waals surface area contributed by atoms with Gasteiger partial charge in [0.1, 0.15) is 49.5 Å². The Morgan fingerprint density at radius 1 is 0.439 bits per heavy atom. The molecule has 444 valence electrons. The smallest absolute Gasteiger partial charge is 0.408 e. The molecule has 0 spiro atoms. The number of amides is 12. The van der Waals surface area contributed by atoms with Crippen molar-refractivity contribution < 1.29 is 67.0 Å². The molecule has 7 rings (SSSR count). The fraction of sp³-hybridized carbons (Fsp3) is 0.571. The first-order chi connectivity index (χ1) is 39.5. The number of piperidine rings is 4. The van der Waals surface area contributed by atoms with Crippen molar-refractivity contribution in [2.75, 3.05) is 79.5 Å². The highest BCUT2D eigenvalue weighted by atomic mass is 16.6. The van der Waals surface area contributed by atoms with E-state index in [2.05, 4.69) is 31.9 Å². The van der Waals surface area contributed by atoms with Gasteiger partial charge < -0.3 is 70.8 Å². The zero-order chi connectivity index (χ0) is 58.7. The topological polar surface area (TPSA) is 315 Å². The molecule has 2 aromatic carbocycles. The van der Waals surface area contributed by atoms with Crippen molar-refractivity contribution in [1.82, 2.24) is 61.3 Å². The van der Waals surface area contributed by atoms with Gasteiger partial charge in [-0.3, -0.25) is 47.9 Å². The van der Waals surface area contributed by atoms with Crippen molar-refractivity contribution in [2.24, 2.45) is 0 Å². The summed E-state index contributed by atoms with van der Waals surface area (Å²) in [7, 11) is 2.72. The number of nitrogens with one attached hydrogen (secondary N) is 6. The fourth-order valence-corrected chi connectivity index (χ4v) is 10.8. The number of alkyl carbamates (subject to hydrolysis) is 2. The number of benzene rings is 2. The largest absolute Gasteiger partial charge is 0.445 e. The highest BCUT2D eigenvalue weighted by Gasteiger charge is 2.41. The van der Waals surface area contributed by atoms with Crippen LogP contribution in [0.2, 0.25) is 0 Å². The van der Waals surface area contributed by atoms with Crippen LogP contribution in [0, 0.1) is 0 Å². The van der Waals surface area contributed by atoms with E-state index in [4.69, 9.17) is 9.47 Å². The van der Waals surface area contributed by atoms with E-state index >= 15 is 0 Å². The molecule has 26 nitrogen and oxygen atoms in total. The first-order valence-corrected chi connectivity index (χ1v) is 28.2. The standard InChI is InChI=1S/C56H76N12O14/c1-63-33-47(71)65-25-13-9-21-41(65)49(73)57-29-39(61-55(79)81-35-37-17-5-3-6-18-37)54(78)68-28-16-12-24-44(68)52(76)60-32-46(70)64(2)34-48(72)66-26-14-10-22-42(66)50(74)58-30-40(62-56(80)82-36-38-19-7-4-8-20-38)53(77)67-27-15-11-23-43(67)51(75)59-31-45(63)69/h3-8,17-20,39-44H,9-16,21-36H2,1-2H3,(H,57,73)(H,58,74)(H,59,75)(H,60,76)(H,61,79)(H,62,80)/t39-,40-,41+,42+,43+,44+/m1/s1. The lowest BCUT2D eigenvalue weighted by Gasteiger charge is -2.38. The molecule has 2 aromatic rings. The average molecular weight is 1140 g/mol. The van der Waals surface area contributed by atoms with Crippen LogP contribution in [0.15, 0.2) is 60.7 Å². The molecule has 12 amide bonds. The quantitative estimate of drug-likeness (QED) is 0.213. The van der Waals surface area contributed by atoms with Crippen molar-refractivity contribution >= 4 is 71.3 Å². The van der Waals surface area contributed by atoms with Gasteiger partial charge in [-0.2, -0.15) is 0 Å². The van der Waals surface area contributed by atoms with Crippen molar-refractivity contribution in [2.45, 2.75) is 127 Å². The molecule has 5 saturated heterocycles. The maximum absolute atomic E-state index is 14.6. The second-order valence-corrected chi connectivity index (χ2v) is 21.2. The van der Waals surface area contributed by atoms with E-state index in [0.717, 1.165) is 9.80 Å². The summed E-state index contributed by atoms with van der Waals surface area (Å²) >= 11 is 0. The van der Waals surface area contributed by atoms with Gasteiger partial charge in [-0.25, -0.2) is 9.59 Å². The summed E-state index contributed by atoms with van der Waals surface area (Å²) in [6, 6.07) is 10.4. The SMILES string of the molecule is CN1CC(=O)N2CCCC[C@H]2C(=O)NC[C@@H](NC(=O)OCc2ccccc2)C(=O)N2CCCC[C@H]2C(=O)NCC(=O)N(C)CC(=O)N2CCCC[C@H]2C(=O)NC[C@@H](NC(=O)OCc2ccccc2)C(=O)N2CCCC[C@H]2C(=O)NCC1=O. The van der Waals surface area contributed by atoms with Crippen molar-refractivity contribution in [3.8, 4) is 0 Å². The molecule has 82 heavy (non-hydrogen) atoms. The fourth-order valence-electron chi connectivity index (χ4n) is 10.8. The van der Waals surface area contributed by atoms with Crippen LogP contribution in [0.25, 0.3) is 0 Å². The van der Waals surface area contributed by atoms with Gasteiger partial charge in [0.15, 0.2) is 0 Å². The second kappa shape index (κ2) is 29.9. The van der Waals surface area contributed by atoms with Gasteiger partial charge in [-0.05, 0) is 88.2 Å². The van der Waals surface area contributed by atoms with Gasteiger partial charge in [-0.1, -0.05) is 60.7 Å². The first-order valence-electron chi connectivity index (χ1n) is 28.2. The van der Waals surface area contributed by atoms with E-state index in [9.17, 15) is 57.5 Å². The monoisotopic (exact) mass is 1140 g/mol. The summed E-state index contributed by atoms with van der Waals surface area (Å²) in [5.74, 6) is -6.56. The Hall–Kier alpha value is -8.32. The molecule has 5 aliphatic heterocycles. The number of carbonyl (C=O) groups is 12. The minimum Gasteiger partial charge on any atom is -0.445 e. The highest BCUT2D eigenvalue weighted by molar-refractivity contribution is 5.97. The number of likely N-dealkylation sites (N-methyl/N-ethyl adjacent to an activating group) is 2. The lowest BCUT2D eigenvalue weighted by molar-refractivity contribution is -0.147. The molecule has 0 saturated carbocycles. The molecule has 0 unspecified atom stereocenters. The molecule has 5 fully saturated rings. The van der Waals surface area contributed by atoms with Crippen molar-refractivity contribution in [3.63, 3.8) is 0 Å². The molecular weight excluding hydrogens is 1060 g/mol. The summed E-state index contributed by atoms with van der Waals surface area (Å²) in [5, 5.41) is 15.8. The van der Waals surface area contributed by atoms with Crippen LogP contribution in [0.3, 0.4) is 0 Å². The minimum absolute atomic E-state index is 0.0870. The zero-order valence-corrected chi connectivity index (χ0v) is 46.6. The third-order valence-electron chi connectivity index (χ3n) is 15.4. The van der Waals surface area contributed by atoms with E-state index in [-0.39, 0.29) is 65.1 Å². The second-order valence-electron chi connectivity index (χ2n) is 21.2. The molecule has 0 radical (unpaired) electrons. The Bertz CT molecular complexity index is 2470. The predicted octanol–water partition coefficient (Wildman–Crippen LogP) is -0.504. The van der Waals surface area contributed by atoms with E-state index in [1.165, 1.54) is 33.7 Å². The van der Waals surface area contributed by atoms with Gasteiger partial charge in [-0.15, -0.1) is 0 Å². The van der Waals surface area contributed by atoms with Crippen molar-refractivity contribution in [1.29, 1.82) is 0 Å². The van der Waals surface area contributed by atoms with E-state index in [1.807, 2.05) is 0 Å². The van der Waals surface area contributed by atoms with E-state index < -0.39 is 147 Å². The summed E-state index contributed by atoms with van der Waals surface area (Å²) in [6.07, 6.45) is 3.18. The molecule has 0 aliphatic carbocycles. The minimum atomic E-state index is -1.47. The number of ether oxygens (including phenoxy) is 2.